The number of hydrogen-bond acceptors (Lipinski definition) is 5. The fourth-order valence-electron chi connectivity index (χ4n) is 3.22. The van der Waals surface area contributed by atoms with Crippen LogP contribution in [0.2, 0.25) is 0 Å². The number of thiazole rings is 1. The van der Waals surface area contributed by atoms with Gasteiger partial charge in [0.15, 0.2) is 0 Å². The molecule has 2 aromatic carbocycles. The summed E-state index contributed by atoms with van der Waals surface area (Å²) in [5, 5.41) is 0.987. The lowest BCUT2D eigenvalue weighted by Gasteiger charge is -2.16. The topological polar surface area (TPSA) is 59.5 Å². The van der Waals surface area contributed by atoms with Crippen LogP contribution in [0, 0.1) is 5.92 Å². The fraction of sp³-hybridized carbons (Fsp3) is 0.250. The van der Waals surface area contributed by atoms with E-state index in [4.69, 9.17) is 4.74 Å². The molecule has 1 aromatic heterocycles. The number of para-hydroxylation sites is 1. The van der Waals surface area contributed by atoms with Crippen LogP contribution in [0.3, 0.4) is 0 Å². The van der Waals surface area contributed by atoms with Gasteiger partial charge in [-0.1, -0.05) is 36.4 Å². The molecule has 3 aromatic rings. The Morgan fingerprint density at radius 2 is 2.00 bits per heavy atom. The summed E-state index contributed by atoms with van der Waals surface area (Å²) >= 11 is 1.67. The molecule has 0 bridgehead atoms. The molecule has 0 saturated carbocycles. The van der Waals surface area contributed by atoms with Crippen molar-refractivity contribution in [3.05, 3.63) is 54.1 Å². The maximum Gasteiger partial charge on any atom is 0.310 e. The fourth-order valence-corrected chi connectivity index (χ4v) is 4.19. The molecule has 26 heavy (non-hydrogen) atoms. The summed E-state index contributed by atoms with van der Waals surface area (Å²) in [4.78, 5) is 30.1. The van der Waals surface area contributed by atoms with Crippen LogP contribution >= 0.6 is 11.3 Å². The number of esters is 1. The highest BCUT2D eigenvalue weighted by Crippen LogP contribution is 2.30. The highest BCUT2D eigenvalue weighted by atomic mass is 32.1. The number of amides is 1. The first-order valence-corrected chi connectivity index (χ1v) is 9.26. The quantitative estimate of drug-likeness (QED) is 0.663. The highest BCUT2D eigenvalue weighted by Gasteiger charge is 2.34. The van der Waals surface area contributed by atoms with Crippen molar-refractivity contribution >= 4 is 33.4 Å². The van der Waals surface area contributed by atoms with Crippen molar-refractivity contribution in [1.29, 1.82) is 0 Å². The van der Waals surface area contributed by atoms with Crippen LogP contribution in [0.25, 0.3) is 20.8 Å². The lowest BCUT2D eigenvalue weighted by molar-refractivity contribution is -0.145. The van der Waals surface area contributed by atoms with Gasteiger partial charge in [-0.3, -0.25) is 9.59 Å². The Balaban J connectivity index is 1.48. The van der Waals surface area contributed by atoms with Gasteiger partial charge >= 0.3 is 5.97 Å². The number of aromatic nitrogens is 1. The Morgan fingerprint density at radius 1 is 1.23 bits per heavy atom. The van der Waals surface area contributed by atoms with Gasteiger partial charge in [0.1, 0.15) is 5.01 Å². The first-order valence-electron chi connectivity index (χ1n) is 8.44. The number of carbonyl (C=O) groups is 2. The highest BCUT2D eigenvalue weighted by molar-refractivity contribution is 7.21. The molecule has 0 aliphatic carbocycles. The zero-order valence-electron chi connectivity index (χ0n) is 14.3. The molecule has 1 amide bonds. The predicted octanol–water partition coefficient (Wildman–Crippen LogP) is 3.48. The Labute approximate surface area is 155 Å². The molecule has 0 N–H and O–H groups in total. The lowest BCUT2D eigenvalue weighted by atomic mass is 10.1. The number of benzene rings is 2. The number of likely N-dealkylation sites (tertiary alicyclic amines) is 1. The van der Waals surface area contributed by atoms with E-state index in [2.05, 4.69) is 11.1 Å². The van der Waals surface area contributed by atoms with Gasteiger partial charge in [0, 0.05) is 25.1 Å². The molecule has 5 nitrogen and oxygen atoms in total. The van der Waals surface area contributed by atoms with Crippen LogP contribution in [0.4, 0.5) is 0 Å². The summed E-state index contributed by atoms with van der Waals surface area (Å²) in [7, 11) is 1.36. The largest absolute Gasteiger partial charge is 0.469 e. The third-order valence-corrected chi connectivity index (χ3v) is 5.70. The summed E-state index contributed by atoms with van der Waals surface area (Å²) in [6.45, 7) is 0.928. The van der Waals surface area contributed by atoms with E-state index in [9.17, 15) is 9.59 Å². The first-order chi connectivity index (χ1) is 12.6. The van der Waals surface area contributed by atoms with Gasteiger partial charge in [0.05, 0.1) is 23.2 Å². The number of nitrogens with zero attached hydrogens (tertiary/aromatic N) is 2. The van der Waals surface area contributed by atoms with Crippen molar-refractivity contribution in [2.24, 2.45) is 5.92 Å². The van der Waals surface area contributed by atoms with Gasteiger partial charge in [0.2, 0.25) is 5.91 Å². The Bertz CT molecular complexity index is 932. The van der Waals surface area contributed by atoms with E-state index in [-0.39, 0.29) is 24.2 Å². The van der Waals surface area contributed by atoms with Gasteiger partial charge in [-0.05, 0) is 17.7 Å². The van der Waals surface area contributed by atoms with Crippen molar-refractivity contribution in [2.75, 3.05) is 13.7 Å². The maximum absolute atomic E-state index is 12.1. The van der Waals surface area contributed by atoms with Crippen LogP contribution in [-0.2, 0) is 20.9 Å². The standard InChI is InChI=1S/C20H18N2O3S/c1-25-20(24)15-10-18(23)22(12-15)11-13-6-8-14(9-7-13)19-21-16-4-2-3-5-17(16)26-19/h2-9,15H,10-12H2,1H3/t15-/m0/s1. The molecule has 6 heteroatoms. The second-order valence-corrected chi connectivity index (χ2v) is 7.41. The minimum absolute atomic E-state index is 0.00403. The second-order valence-electron chi connectivity index (χ2n) is 6.38. The van der Waals surface area contributed by atoms with Gasteiger partial charge in [-0.25, -0.2) is 4.98 Å². The number of carbonyl (C=O) groups excluding carboxylic acids is 2. The minimum atomic E-state index is -0.352. The van der Waals surface area contributed by atoms with Crippen LogP contribution in [0.1, 0.15) is 12.0 Å². The van der Waals surface area contributed by atoms with Crippen molar-refractivity contribution in [3.63, 3.8) is 0 Å². The number of methoxy groups -OCH3 is 1. The average molecular weight is 366 g/mol. The summed E-state index contributed by atoms with van der Waals surface area (Å²) < 4.78 is 5.92. The number of hydrogen-bond donors (Lipinski definition) is 0. The minimum Gasteiger partial charge on any atom is -0.469 e. The predicted molar refractivity (Wildman–Crippen MR) is 101 cm³/mol. The van der Waals surface area contributed by atoms with E-state index in [0.717, 1.165) is 21.7 Å². The molecular weight excluding hydrogens is 348 g/mol. The summed E-state index contributed by atoms with van der Waals surface area (Å²) in [5.41, 5.74) is 3.11. The molecular formula is C20H18N2O3S. The molecule has 4 rings (SSSR count). The van der Waals surface area contributed by atoms with Crippen molar-refractivity contribution in [1.82, 2.24) is 9.88 Å². The van der Waals surface area contributed by atoms with Crippen LogP contribution in [0.15, 0.2) is 48.5 Å². The van der Waals surface area contributed by atoms with Crippen LogP contribution in [-0.4, -0.2) is 35.4 Å². The molecule has 2 heterocycles. The van der Waals surface area contributed by atoms with Crippen molar-refractivity contribution in [2.45, 2.75) is 13.0 Å². The smallest absolute Gasteiger partial charge is 0.310 e. The Kier molecular flexibility index (Phi) is 4.42. The van der Waals surface area contributed by atoms with Gasteiger partial charge < -0.3 is 9.64 Å². The molecule has 1 atom stereocenters. The third kappa shape index (κ3) is 3.20. The molecule has 1 aliphatic rings. The van der Waals surface area contributed by atoms with E-state index in [1.165, 1.54) is 11.8 Å². The SMILES string of the molecule is COC(=O)[C@H]1CC(=O)N(Cc2ccc(-c3nc4ccccc4s3)cc2)C1. The van der Waals surface area contributed by atoms with Gasteiger partial charge in [0.25, 0.3) is 0 Å². The molecule has 132 valence electrons. The number of fused-ring (bicyclic) bond motifs is 1. The van der Waals surface area contributed by atoms with E-state index in [0.29, 0.717) is 13.1 Å². The van der Waals surface area contributed by atoms with Gasteiger partial charge in [-0.15, -0.1) is 11.3 Å². The summed E-state index contributed by atoms with van der Waals surface area (Å²) in [6.07, 6.45) is 0.233. The molecule has 0 radical (unpaired) electrons. The normalized spacial score (nSPS) is 17.0. The van der Waals surface area contributed by atoms with Crippen LogP contribution in [0.5, 0.6) is 0 Å². The summed E-state index contributed by atoms with van der Waals surface area (Å²) in [6, 6.07) is 16.2. The van der Waals surface area contributed by atoms with Gasteiger partial charge in [-0.2, -0.15) is 0 Å². The zero-order valence-corrected chi connectivity index (χ0v) is 15.2. The van der Waals surface area contributed by atoms with Crippen molar-refractivity contribution in [3.8, 4) is 10.6 Å². The monoisotopic (exact) mass is 366 g/mol. The molecule has 0 spiro atoms. The third-order valence-electron chi connectivity index (χ3n) is 4.62. The molecule has 1 aliphatic heterocycles. The van der Waals surface area contributed by atoms with E-state index in [1.54, 1.807) is 16.2 Å². The molecule has 0 unspecified atom stereocenters. The van der Waals surface area contributed by atoms with E-state index in [1.807, 2.05) is 42.5 Å². The molecule has 1 fully saturated rings. The molecule has 1 saturated heterocycles. The number of ether oxygens (including phenoxy) is 1. The zero-order chi connectivity index (χ0) is 18.1. The first kappa shape index (κ1) is 16.7. The lowest BCUT2D eigenvalue weighted by Crippen LogP contribution is -2.26. The van der Waals surface area contributed by atoms with E-state index >= 15 is 0 Å². The van der Waals surface area contributed by atoms with Crippen LogP contribution < -0.4 is 0 Å². The summed E-state index contributed by atoms with van der Waals surface area (Å²) in [5.74, 6) is -0.669. The Morgan fingerprint density at radius 3 is 2.73 bits per heavy atom. The average Bonchev–Trinajstić information content (AvgIpc) is 3.25. The maximum atomic E-state index is 12.1. The van der Waals surface area contributed by atoms with E-state index < -0.39 is 0 Å². The Hall–Kier alpha value is -2.73. The number of rotatable bonds is 4. The second kappa shape index (κ2) is 6.88. The van der Waals surface area contributed by atoms with Crippen molar-refractivity contribution < 1.29 is 14.3 Å².